The second kappa shape index (κ2) is 7.41. The molecular formula is C16H23N3O3S. The van der Waals surface area contributed by atoms with Crippen molar-refractivity contribution in [1.82, 2.24) is 9.62 Å². The van der Waals surface area contributed by atoms with Gasteiger partial charge in [-0.05, 0) is 31.4 Å². The summed E-state index contributed by atoms with van der Waals surface area (Å²) < 4.78 is 27.0. The molecular weight excluding hydrogens is 314 g/mol. The van der Waals surface area contributed by atoms with Crippen molar-refractivity contribution in [2.75, 3.05) is 19.6 Å². The maximum absolute atomic E-state index is 12.3. The first-order chi connectivity index (χ1) is 10.8. The predicted molar refractivity (Wildman–Crippen MR) is 87.2 cm³/mol. The normalized spacial score (nSPS) is 23.6. The predicted octanol–water partition coefficient (Wildman–Crippen LogP) is 0.928. The highest BCUT2D eigenvalue weighted by Crippen LogP contribution is 2.22. The molecule has 0 radical (unpaired) electrons. The molecule has 0 spiro atoms. The van der Waals surface area contributed by atoms with Crippen LogP contribution >= 0.6 is 0 Å². The van der Waals surface area contributed by atoms with E-state index >= 15 is 0 Å². The number of hydrogen-bond acceptors (Lipinski definition) is 5. The van der Waals surface area contributed by atoms with E-state index in [0.717, 1.165) is 13.0 Å². The first kappa shape index (κ1) is 17.9. The summed E-state index contributed by atoms with van der Waals surface area (Å²) in [6.45, 7) is 5.57. The Labute approximate surface area is 137 Å². The van der Waals surface area contributed by atoms with Crippen molar-refractivity contribution in [2.45, 2.75) is 37.3 Å². The molecule has 1 saturated heterocycles. The van der Waals surface area contributed by atoms with E-state index in [0.29, 0.717) is 18.5 Å². The van der Waals surface area contributed by atoms with Gasteiger partial charge in [-0.3, -0.25) is 4.90 Å². The van der Waals surface area contributed by atoms with Crippen molar-refractivity contribution < 1.29 is 13.5 Å². The Morgan fingerprint density at radius 1 is 1.43 bits per heavy atom. The van der Waals surface area contributed by atoms with Gasteiger partial charge in [-0.2, -0.15) is 5.26 Å². The molecule has 1 heterocycles. The SMILES string of the molecule is CC1CC(C)N(CC(O)CNS(=O)(=O)c2ccccc2C#N)C1. The minimum atomic E-state index is -3.81. The molecule has 0 aromatic heterocycles. The Morgan fingerprint density at radius 3 is 2.74 bits per heavy atom. The number of nitrogens with zero attached hydrogens (tertiary/aromatic N) is 2. The molecule has 2 rings (SSSR count). The summed E-state index contributed by atoms with van der Waals surface area (Å²) >= 11 is 0. The molecule has 1 fully saturated rings. The van der Waals surface area contributed by atoms with E-state index in [2.05, 4.69) is 23.5 Å². The number of nitriles is 1. The van der Waals surface area contributed by atoms with Crippen molar-refractivity contribution in [3.8, 4) is 6.07 Å². The number of nitrogens with one attached hydrogen (secondary N) is 1. The van der Waals surface area contributed by atoms with Crippen LogP contribution in [0.2, 0.25) is 0 Å². The molecule has 1 aliphatic rings. The first-order valence-corrected chi connectivity index (χ1v) is 9.22. The highest BCUT2D eigenvalue weighted by atomic mass is 32.2. The van der Waals surface area contributed by atoms with Crippen molar-refractivity contribution in [3.05, 3.63) is 29.8 Å². The van der Waals surface area contributed by atoms with Crippen LogP contribution < -0.4 is 4.72 Å². The average Bonchev–Trinajstić information content (AvgIpc) is 2.83. The van der Waals surface area contributed by atoms with Crippen LogP contribution in [0.25, 0.3) is 0 Å². The summed E-state index contributed by atoms with van der Waals surface area (Å²) in [5.74, 6) is 0.594. The molecule has 1 aliphatic heterocycles. The van der Waals surface area contributed by atoms with Gasteiger partial charge in [-0.1, -0.05) is 19.1 Å². The summed E-state index contributed by atoms with van der Waals surface area (Å²) in [7, 11) is -3.81. The second-order valence-electron chi connectivity index (χ2n) is 6.26. The lowest BCUT2D eigenvalue weighted by Crippen LogP contribution is -2.41. The summed E-state index contributed by atoms with van der Waals surface area (Å²) in [6.07, 6.45) is 0.306. The summed E-state index contributed by atoms with van der Waals surface area (Å²) in [5, 5.41) is 19.1. The van der Waals surface area contributed by atoms with E-state index in [1.807, 2.05) is 6.07 Å². The molecule has 1 aromatic rings. The molecule has 3 unspecified atom stereocenters. The smallest absolute Gasteiger partial charge is 0.241 e. The van der Waals surface area contributed by atoms with E-state index < -0.39 is 16.1 Å². The van der Waals surface area contributed by atoms with Gasteiger partial charge in [0.05, 0.1) is 16.6 Å². The van der Waals surface area contributed by atoms with Crippen LogP contribution in [0.15, 0.2) is 29.2 Å². The minimum Gasteiger partial charge on any atom is -0.390 e. The Morgan fingerprint density at radius 2 is 2.13 bits per heavy atom. The lowest BCUT2D eigenvalue weighted by Gasteiger charge is -2.24. The zero-order chi connectivity index (χ0) is 17.0. The first-order valence-electron chi connectivity index (χ1n) is 7.74. The topological polar surface area (TPSA) is 93.4 Å². The molecule has 7 heteroatoms. The number of aliphatic hydroxyl groups is 1. The van der Waals surface area contributed by atoms with Gasteiger partial charge in [-0.15, -0.1) is 0 Å². The Bertz CT molecular complexity index is 684. The highest BCUT2D eigenvalue weighted by molar-refractivity contribution is 7.89. The summed E-state index contributed by atoms with van der Waals surface area (Å²) in [5.41, 5.74) is 0.0940. The third-order valence-electron chi connectivity index (χ3n) is 4.16. The van der Waals surface area contributed by atoms with Gasteiger partial charge in [0.25, 0.3) is 0 Å². The minimum absolute atomic E-state index is 0.0575. The molecule has 0 amide bonds. The van der Waals surface area contributed by atoms with E-state index in [4.69, 9.17) is 5.26 Å². The summed E-state index contributed by atoms with van der Waals surface area (Å²) in [4.78, 5) is 2.12. The van der Waals surface area contributed by atoms with Gasteiger partial charge in [-0.25, -0.2) is 13.1 Å². The van der Waals surface area contributed by atoms with Gasteiger partial charge in [0, 0.05) is 25.7 Å². The number of aliphatic hydroxyl groups excluding tert-OH is 1. The fraction of sp³-hybridized carbons (Fsp3) is 0.562. The molecule has 0 bridgehead atoms. The largest absolute Gasteiger partial charge is 0.390 e. The van der Waals surface area contributed by atoms with Crippen LogP contribution in [0.5, 0.6) is 0 Å². The number of sulfonamides is 1. The molecule has 23 heavy (non-hydrogen) atoms. The van der Waals surface area contributed by atoms with Gasteiger partial charge in [0.2, 0.25) is 10.0 Å². The van der Waals surface area contributed by atoms with Crippen LogP contribution in [0.3, 0.4) is 0 Å². The number of rotatable bonds is 6. The lowest BCUT2D eigenvalue weighted by atomic mass is 10.1. The maximum atomic E-state index is 12.3. The van der Waals surface area contributed by atoms with E-state index in [-0.39, 0.29) is 17.0 Å². The molecule has 1 aromatic carbocycles. The lowest BCUT2D eigenvalue weighted by molar-refractivity contribution is 0.111. The van der Waals surface area contributed by atoms with Crippen LogP contribution in [0, 0.1) is 17.2 Å². The van der Waals surface area contributed by atoms with Crippen LogP contribution in [0.4, 0.5) is 0 Å². The number of β-amino-alcohol motifs (C(OH)–C–C–N with tert-alkyl or cyclic N) is 1. The van der Waals surface area contributed by atoms with Gasteiger partial charge < -0.3 is 5.11 Å². The third-order valence-corrected chi connectivity index (χ3v) is 5.65. The molecule has 0 saturated carbocycles. The number of hydrogen-bond donors (Lipinski definition) is 2. The Hall–Kier alpha value is -1.46. The summed E-state index contributed by atoms with van der Waals surface area (Å²) in [6, 6.07) is 8.29. The van der Waals surface area contributed by atoms with Crippen molar-refractivity contribution in [2.24, 2.45) is 5.92 Å². The van der Waals surface area contributed by atoms with Crippen LogP contribution in [0.1, 0.15) is 25.8 Å². The molecule has 2 N–H and O–H groups in total. The fourth-order valence-electron chi connectivity index (χ4n) is 3.05. The highest BCUT2D eigenvalue weighted by Gasteiger charge is 2.28. The van der Waals surface area contributed by atoms with Crippen LogP contribution in [-0.4, -0.2) is 50.2 Å². The maximum Gasteiger partial charge on any atom is 0.241 e. The number of likely N-dealkylation sites (tertiary alicyclic amines) is 1. The van der Waals surface area contributed by atoms with E-state index in [1.54, 1.807) is 12.1 Å². The van der Waals surface area contributed by atoms with Gasteiger partial charge in [0.1, 0.15) is 6.07 Å². The molecule has 6 nitrogen and oxygen atoms in total. The molecule has 0 aliphatic carbocycles. The quantitative estimate of drug-likeness (QED) is 0.805. The van der Waals surface area contributed by atoms with Crippen molar-refractivity contribution in [3.63, 3.8) is 0 Å². The standard InChI is InChI=1S/C16H23N3O3S/c1-12-7-13(2)19(10-12)11-15(20)9-18-23(21,22)16-6-4-3-5-14(16)8-17/h3-6,12-13,15,18,20H,7,9-11H2,1-2H3. The van der Waals surface area contributed by atoms with Gasteiger partial charge in [0.15, 0.2) is 0 Å². The van der Waals surface area contributed by atoms with Crippen molar-refractivity contribution in [1.29, 1.82) is 5.26 Å². The van der Waals surface area contributed by atoms with E-state index in [1.165, 1.54) is 12.1 Å². The Kier molecular flexibility index (Phi) is 5.76. The van der Waals surface area contributed by atoms with Crippen LogP contribution in [-0.2, 0) is 10.0 Å². The fourth-order valence-corrected chi connectivity index (χ4v) is 4.28. The molecule has 126 valence electrons. The van der Waals surface area contributed by atoms with Gasteiger partial charge >= 0.3 is 0 Å². The zero-order valence-corrected chi connectivity index (χ0v) is 14.3. The van der Waals surface area contributed by atoms with Crippen molar-refractivity contribution >= 4 is 10.0 Å². The Balaban J connectivity index is 1.95. The number of benzene rings is 1. The second-order valence-corrected chi connectivity index (χ2v) is 7.99. The molecule has 3 atom stereocenters. The monoisotopic (exact) mass is 337 g/mol. The van der Waals surface area contributed by atoms with E-state index in [9.17, 15) is 13.5 Å². The average molecular weight is 337 g/mol. The third kappa shape index (κ3) is 4.52. The zero-order valence-electron chi connectivity index (χ0n) is 13.4.